The van der Waals surface area contributed by atoms with Crippen molar-refractivity contribution in [2.75, 3.05) is 25.4 Å². The summed E-state index contributed by atoms with van der Waals surface area (Å²) in [7, 11) is 0. The van der Waals surface area contributed by atoms with Crippen molar-refractivity contribution in [1.29, 1.82) is 0 Å². The minimum absolute atomic E-state index is 0.322. The Kier molecular flexibility index (Phi) is 5.71. The maximum absolute atomic E-state index is 6.07. The molecule has 3 aromatic rings. The molecule has 1 aromatic carbocycles. The fraction of sp³-hybridized carbons (Fsp3) is 0.476. The average molecular weight is 380 g/mol. The summed E-state index contributed by atoms with van der Waals surface area (Å²) in [6.45, 7) is 6.82. The monoisotopic (exact) mass is 380 g/mol. The van der Waals surface area contributed by atoms with Gasteiger partial charge in [0, 0.05) is 6.54 Å². The van der Waals surface area contributed by atoms with Crippen molar-refractivity contribution in [3.63, 3.8) is 0 Å². The summed E-state index contributed by atoms with van der Waals surface area (Å²) in [4.78, 5) is 15.7. The highest BCUT2D eigenvalue weighted by Gasteiger charge is 2.14. The number of likely N-dealkylation sites (tertiary alicyclic amines) is 1. The van der Waals surface area contributed by atoms with E-state index in [2.05, 4.69) is 51.0 Å². The third kappa shape index (κ3) is 4.25. The number of imidazole rings is 1. The van der Waals surface area contributed by atoms with Crippen LogP contribution < -0.4 is 10.5 Å². The Morgan fingerprint density at radius 1 is 1.11 bits per heavy atom. The van der Waals surface area contributed by atoms with Crippen molar-refractivity contribution in [3.8, 4) is 6.01 Å². The zero-order chi connectivity index (χ0) is 19.3. The quantitative estimate of drug-likeness (QED) is 0.604. The first kappa shape index (κ1) is 18.7. The Balaban J connectivity index is 1.54. The molecule has 7 heteroatoms. The van der Waals surface area contributed by atoms with Crippen LogP contribution in [0.3, 0.4) is 0 Å². The van der Waals surface area contributed by atoms with Crippen LogP contribution >= 0.6 is 0 Å². The van der Waals surface area contributed by atoms with Gasteiger partial charge in [-0.3, -0.25) is 4.90 Å². The molecule has 3 heterocycles. The molecule has 148 valence electrons. The van der Waals surface area contributed by atoms with Crippen molar-refractivity contribution >= 4 is 17.0 Å². The van der Waals surface area contributed by atoms with Gasteiger partial charge < -0.3 is 15.0 Å². The van der Waals surface area contributed by atoms with Crippen molar-refractivity contribution in [2.24, 2.45) is 0 Å². The Bertz CT molecular complexity index is 932. The number of hydrogen-bond acceptors (Lipinski definition) is 6. The van der Waals surface area contributed by atoms with Gasteiger partial charge in [-0.2, -0.15) is 9.97 Å². The van der Waals surface area contributed by atoms with Crippen LogP contribution in [0, 0.1) is 0 Å². The number of aromatic nitrogens is 4. The third-order valence-electron chi connectivity index (χ3n) is 5.15. The molecule has 2 aromatic heterocycles. The van der Waals surface area contributed by atoms with Gasteiger partial charge in [0.1, 0.15) is 0 Å². The van der Waals surface area contributed by atoms with Gasteiger partial charge in [-0.1, -0.05) is 37.6 Å². The smallest absolute Gasteiger partial charge is 0.320 e. The molecule has 2 N–H and O–H groups in total. The van der Waals surface area contributed by atoms with Gasteiger partial charge in [-0.15, -0.1) is 0 Å². The van der Waals surface area contributed by atoms with Crippen LogP contribution in [0.25, 0.3) is 11.2 Å². The SMILES string of the molecule is CCCCOc1nc(N)c2ncn(Cc3cccc(CN4CCCC4)c3)c2n1. The number of nitrogens with two attached hydrogens (primary N) is 1. The van der Waals surface area contributed by atoms with Crippen molar-refractivity contribution < 1.29 is 4.74 Å². The topological polar surface area (TPSA) is 82.1 Å². The van der Waals surface area contributed by atoms with E-state index in [9.17, 15) is 0 Å². The number of anilines is 1. The molecule has 0 bridgehead atoms. The van der Waals surface area contributed by atoms with Crippen LogP contribution in [0.5, 0.6) is 6.01 Å². The highest BCUT2D eigenvalue weighted by Crippen LogP contribution is 2.21. The average Bonchev–Trinajstić information content (AvgIpc) is 3.33. The minimum Gasteiger partial charge on any atom is -0.463 e. The van der Waals surface area contributed by atoms with Gasteiger partial charge >= 0.3 is 6.01 Å². The molecule has 0 spiro atoms. The summed E-state index contributed by atoms with van der Waals surface area (Å²) in [5, 5.41) is 0. The summed E-state index contributed by atoms with van der Waals surface area (Å²) < 4.78 is 7.66. The van der Waals surface area contributed by atoms with E-state index in [1.165, 1.54) is 37.1 Å². The zero-order valence-electron chi connectivity index (χ0n) is 16.5. The van der Waals surface area contributed by atoms with Crippen LogP contribution in [0.1, 0.15) is 43.7 Å². The number of fused-ring (bicyclic) bond motifs is 1. The molecule has 7 nitrogen and oxygen atoms in total. The predicted octanol–water partition coefficient (Wildman–Crippen LogP) is 3.23. The molecule has 1 aliphatic rings. The number of benzene rings is 1. The fourth-order valence-corrected chi connectivity index (χ4v) is 3.66. The normalized spacial score (nSPS) is 14.8. The summed E-state index contributed by atoms with van der Waals surface area (Å²) >= 11 is 0. The minimum atomic E-state index is 0.322. The van der Waals surface area contributed by atoms with Crippen LogP contribution in [0.15, 0.2) is 30.6 Å². The van der Waals surface area contributed by atoms with Gasteiger partial charge in [0.15, 0.2) is 17.0 Å². The Labute approximate surface area is 165 Å². The van der Waals surface area contributed by atoms with E-state index in [0.29, 0.717) is 36.1 Å². The van der Waals surface area contributed by atoms with Gasteiger partial charge in [-0.25, -0.2) is 4.98 Å². The van der Waals surface area contributed by atoms with Crippen LogP contribution in [-0.4, -0.2) is 44.1 Å². The number of unbranched alkanes of at least 4 members (excludes halogenated alkanes) is 1. The first-order valence-electron chi connectivity index (χ1n) is 10.1. The van der Waals surface area contributed by atoms with Crippen LogP contribution in [0.2, 0.25) is 0 Å². The van der Waals surface area contributed by atoms with Gasteiger partial charge in [0.25, 0.3) is 0 Å². The molecule has 4 rings (SSSR count). The Morgan fingerprint density at radius 3 is 2.68 bits per heavy atom. The lowest BCUT2D eigenvalue weighted by Gasteiger charge is -2.15. The summed E-state index contributed by atoms with van der Waals surface area (Å²) in [5.41, 5.74) is 9.98. The highest BCUT2D eigenvalue weighted by molar-refractivity contribution is 5.81. The second-order valence-corrected chi connectivity index (χ2v) is 7.44. The number of rotatable bonds is 8. The van der Waals surface area contributed by atoms with Gasteiger partial charge in [0.2, 0.25) is 0 Å². The lowest BCUT2D eigenvalue weighted by molar-refractivity contribution is 0.286. The summed E-state index contributed by atoms with van der Waals surface area (Å²) in [6.07, 6.45) is 6.42. The molecule has 0 aliphatic carbocycles. The molecule has 0 radical (unpaired) electrons. The number of hydrogen-bond donors (Lipinski definition) is 1. The summed E-state index contributed by atoms with van der Waals surface area (Å²) in [5.74, 6) is 0.359. The zero-order valence-corrected chi connectivity index (χ0v) is 16.5. The van der Waals surface area contributed by atoms with E-state index in [0.717, 1.165) is 19.4 Å². The third-order valence-corrected chi connectivity index (χ3v) is 5.15. The van der Waals surface area contributed by atoms with Crippen molar-refractivity contribution in [1.82, 2.24) is 24.4 Å². The Morgan fingerprint density at radius 2 is 1.89 bits per heavy atom. The van der Waals surface area contributed by atoms with Crippen LogP contribution in [0.4, 0.5) is 5.82 Å². The van der Waals surface area contributed by atoms with E-state index in [-0.39, 0.29) is 0 Å². The molecular formula is C21H28N6O. The van der Waals surface area contributed by atoms with Crippen molar-refractivity contribution in [3.05, 3.63) is 41.7 Å². The molecule has 0 amide bonds. The maximum atomic E-state index is 6.07. The first-order chi connectivity index (χ1) is 13.7. The fourth-order valence-electron chi connectivity index (χ4n) is 3.66. The second kappa shape index (κ2) is 8.56. The lowest BCUT2D eigenvalue weighted by Crippen LogP contribution is -2.18. The maximum Gasteiger partial charge on any atom is 0.320 e. The van der Waals surface area contributed by atoms with E-state index < -0.39 is 0 Å². The van der Waals surface area contributed by atoms with E-state index in [1.54, 1.807) is 6.33 Å². The standard InChI is InChI=1S/C21H28N6O/c1-2-3-11-28-21-24-19(22)18-20(25-21)27(15-23-18)14-17-8-6-7-16(12-17)13-26-9-4-5-10-26/h6-8,12,15H,2-5,9-11,13-14H2,1H3,(H2,22,24,25). The van der Waals surface area contributed by atoms with E-state index in [1.807, 2.05) is 4.57 Å². The number of ether oxygens (including phenoxy) is 1. The summed E-state index contributed by atoms with van der Waals surface area (Å²) in [6, 6.07) is 9.06. The molecule has 0 atom stereocenters. The lowest BCUT2D eigenvalue weighted by atomic mass is 10.1. The van der Waals surface area contributed by atoms with Crippen molar-refractivity contribution in [2.45, 2.75) is 45.7 Å². The molecule has 0 unspecified atom stereocenters. The molecular weight excluding hydrogens is 352 g/mol. The first-order valence-corrected chi connectivity index (χ1v) is 10.1. The molecule has 1 fully saturated rings. The number of nitrogen functional groups attached to an aromatic ring is 1. The van der Waals surface area contributed by atoms with Gasteiger partial charge in [-0.05, 0) is 43.5 Å². The molecule has 28 heavy (non-hydrogen) atoms. The number of nitrogens with zero attached hydrogens (tertiary/aromatic N) is 5. The van der Waals surface area contributed by atoms with E-state index >= 15 is 0 Å². The van der Waals surface area contributed by atoms with Gasteiger partial charge in [0.05, 0.1) is 19.5 Å². The van der Waals surface area contributed by atoms with Crippen LogP contribution in [-0.2, 0) is 13.1 Å². The molecule has 1 aliphatic heterocycles. The second-order valence-electron chi connectivity index (χ2n) is 7.44. The predicted molar refractivity (Wildman–Crippen MR) is 110 cm³/mol. The molecule has 1 saturated heterocycles. The molecule has 0 saturated carbocycles. The Hall–Kier alpha value is -2.67. The van der Waals surface area contributed by atoms with E-state index in [4.69, 9.17) is 10.5 Å². The largest absolute Gasteiger partial charge is 0.463 e. The highest BCUT2D eigenvalue weighted by atomic mass is 16.5.